The van der Waals surface area contributed by atoms with Gasteiger partial charge in [-0.3, -0.25) is 4.99 Å². The minimum absolute atomic E-state index is 0. The molecule has 2 aromatic rings. The maximum Gasteiger partial charge on any atom is 0.159 e. The van der Waals surface area contributed by atoms with Gasteiger partial charge in [0.15, 0.2) is 5.17 Å². The van der Waals surface area contributed by atoms with Gasteiger partial charge in [0.2, 0.25) is 0 Å². The van der Waals surface area contributed by atoms with E-state index < -0.39 is 0 Å². The number of halogens is 1. The molecule has 2 nitrogen and oxygen atoms in total. The highest BCUT2D eigenvalue weighted by atomic mass is 127. The summed E-state index contributed by atoms with van der Waals surface area (Å²) in [6.07, 6.45) is 2.10. The van der Waals surface area contributed by atoms with Crippen molar-refractivity contribution in [3.63, 3.8) is 0 Å². The average molecular weight is 410 g/mol. The highest BCUT2D eigenvalue weighted by molar-refractivity contribution is 14.0. The lowest BCUT2D eigenvalue weighted by atomic mass is 9.97. The smallest absolute Gasteiger partial charge is 0.159 e. The molecule has 0 saturated heterocycles. The van der Waals surface area contributed by atoms with Gasteiger partial charge < -0.3 is 4.90 Å². The van der Waals surface area contributed by atoms with Crippen LogP contribution >= 0.6 is 35.7 Å². The molecule has 21 heavy (non-hydrogen) atoms. The average Bonchev–Trinajstić information content (AvgIpc) is 2.98. The molecule has 1 aliphatic heterocycles. The van der Waals surface area contributed by atoms with E-state index in [0.717, 1.165) is 18.3 Å². The van der Waals surface area contributed by atoms with Gasteiger partial charge in [0.25, 0.3) is 0 Å². The van der Waals surface area contributed by atoms with Crippen LogP contribution in [0.15, 0.2) is 65.7 Å². The van der Waals surface area contributed by atoms with Crippen LogP contribution in [0.5, 0.6) is 0 Å². The molecular formula is C17H19IN2S. The van der Waals surface area contributed by atoms with Crippen molar-refractivity contribution in [2.75, 3.05) is 19.3 Å². The molecule has 0 amide bonds. The summed E-state index contributed by atoms with van der Waals surface area (Å²) in [7, 11) is 0. The molecule has 0 bridgehead atoms. The first-order chi connectivity index (χ1) is 9.90. The van der Waals surface area contributed by atoms with Gasteiger partial charge in [-0.15, -0.1) is 24.0 Å². The van der Waals surface area contributed by atoms with Crippen LogP contribution < -0.4 is 0 Å². The number of aliphatic imine (C=N–C) groups is 1. The largest absolute Gasteiger partial charge is 0.338 e. The van der Waals surface area contributed by atoms with Crippen LogP contribution in [0.3, 0.4) is 0 Å². The molecule has 0 saturated carbocycles. The van der Waals surface area contributed by atoms with Crippen LogP contribution in [0, 0.1) is 0 Å². The van der Waals surface area contributed by atoms with Crippen molar-refractivity contribution in [3.8, 4) is 0 Å². The van der Waals surface area contributed by atoms with Crippen LogP contribution in [0.25, 0.3) is 0 Å². The van der Waals surface area contributed by atoms with E-state index in [-0.39, 0.29) is 30.0 Å². The van der Waals surface area contributed by atoms with Gasteiger partial charge in [0.05, 0.1) is 12.6 Å². The zero-order valence-electron chi connectivity index (χ0n) is 12.0. The van der Waals surface area contributed by atoms with Gasteiger partial charge >= 0.3 is 0 Å². The normalized spacial score (nSPS) is 14.0. The maximum absolute atomic E-state index is 4.61. The van der Waals surface area contributed by atoms with Gasteiger partial charge in [-0.05, 0) is 17.4 Å². The number of benzene rings is 2. The molecule has 0 aliphatic carbocycles. The van der Waals surface area contributed by atoms with E-state index in [1.165, 1.54) is 11.1 Å². The molecule has 4 heteroatoms. The van der Waals surface area contributed by atoms with Gasteiger partial charge in [0.1, 0.15) is 0 Å². The molecule has 0 radical (unpaired) electrons. The van der Waals surface area contributed by atoms with Gasteiger partial charge in [-0.2, -0.15) is 0 Å². The lowest BCUT2D eigenvalue weighted by Gasteiger charge is -2.30. The zero-order valence-corrected chi connectivity index (χ0v) is 15.1. The highest BCUT2D eigenvalue weighted by Crippen LogP contribution is 2.32. The molecule has 0 unspecified atom stereocenters. The molecule has 2 aromatic carbocycles. The summed E-state index contributed by atoms with van der Waals surface area (Å²) in [5.74, 6) is 0. The van der Waals surface area contributed by atoms with Crippen LogP contribution in [0.1, 0.15) is 17.2 Å². The van der Waals surface area contributed by atoms with Gasteiger partial charge in [-0.25, -0.2) is 0 Å². The Balaban J connectivity index is 0.00000161. The Hall–Kier alpha value is -1.01. The van der Waals surface area contributed by atoms with Crippen LogP contribution in [-0.2, 0) is 0 Å². The van der Waals surface area contributed by atoms with E-state index in [9.17, 15) is 0 Å². The number of amidine groups is 1. The molecule has 0 spiro atoms. The Kier molecular flexibility index (Phi) is 6.11. The van der Waals surface area contributed by atoms with E-state index in [1.54, 1.807) is 11.8 Å². The Morgan fingerprint density at radius 1 is 0.952 bits per heavy atom. The van der Waals surface area contributed by atoms with Gasteiger partial charge in [-0.1, -0.05) is 72.4 Å². The van der Waals surface area contributed by atoms with E-state index in [1.807, 2.05) is 0 Å². The van der Waals surface area contributed by atoms with E-state index in [4.69, 9.17) is 0 Å². The van der Waals surface area contributed by atoms with Crippen molar-refractivity contribution in [1.29, 1.82) is 0 Å². The number of rotatable bonds is 3. The molecule has 1 heterocycles. The minimum Gasteiger partial charge on any atom is -0.338 e. The molecule has 0 fully saturated rings. The van der Waals surface area contributed by atoms with Gasteiger partial charge in [0, 0.05) is 6.54 Å². The van der Waals surface area contributed by atoms with Crippen LogP contribution in [0.2, 0.25) is 0 Å². The van der Waals surface area contributed by atoms with Crippen molar-refractivity contribution in [2.45, 2.75) is 6.04 Å². The standard InChI is InChI=1S/C17H18N2S.HI/c1-20-17-18-12-13-19(17)16(14-8-4-2-5-9-14)15-10-6-3-7-11-15;/h2-11,16H,12-13H2,1H3;1H. The Bertz CT molecular complexity index is 547. The molecule has 0 atom stereocenters. The minimum atomic E-state index is 0. The molecule has 1 aliphatic rings. The number of hydrogen-bond acceptors (Lipinski definition) is 3. The maximum atomic E-state index is 4.61. The highest BCUT2D eigenvalue weighted by Gasteiger charge is 2.27. The monoisotopic (exact) mass is 410 g/mol. The quantitative estimate of drug-likeness (QED) is 0.696. The summed E-state index contributed by atoms with van der Waals surface area (Å²) in [6.45, 7) is 1.89. The predicted molar refractivity (Wildman–Crippen MR) is 103 cm³/mol. The second kappa shape index (κ2) is 7.84. The summed E-state index contributed by atoms with van der Waals surface area (Å²) < 4.78 is 0. The Morgan fingerprint density at radius 2 is 1.48 bits per heavy atom. The van der Waals surface area contributed by atoms with Crippen molar-refractivity contribution < 1.29 is 0 Å². The number of thioether (sulfide) groups is 1. The summed E-state index contributed by atoms with van der Waals surface area (Å²) in [4.78, 5) is 7.03. The third-order valence-corrected chi connectivity index (χ3v) is 4.29. The second-order valence-electron chi connectivity index (χ2n) is 4.79. The predicted octanol–water partition coefficient (Wildman–Crippen LogP) is 4.43. The summed E-state index contributed by atoms with van der Waals surface area (Å²) in [5, 5.41) is 1.14. The third-order valence-electron chi connectivity index (χ3n) is 3.56. The van der Waals surface area contributed by atoms with E-state index >= 15 is 0 Å². The van der Waals surface area contributed by atoms with Crippen molar-refractivity contribution >= 4 is 40.9 Å². The first-order valence-electron chi connectivity index (χ1n) is 6.85. The second-order valence-corrected chi connectivity index (χ2v) is 5.56. The van der Waals surface area contributed by atoms with Crippen molar-refractivity contribution in [3.05, 3.63) is 71.8 Å². The number of nitrogens with zero attached hydrogens (tertiary/aromatic N) is 2. The SMILES string of the molecule is CSC1=NCCN1C(c1ccccc1)c1ccccc1.I. The first kappa shape index (κ1) is 16.4. The fourth-order valence-electron chi connectivity index (χ4n) is 2.68. The topological polar surface area (TPSA) is 15.6 Å². The molecule has 110 valence electrons. The van der Waals surface area contributed by atoms with Crippen LogP contribution in [0.4, 0.5) is 0 Å². The van der Waals surface area contributed by atoms with E-state index in [2.05, 4.69) is 76.8 Å². The molecule has 0 aromatic heterocycles. The molecule has 0 N–H and O–H groups in total. The zero-order chi connectivity index (χ0) is 13.8. The third kappa shape index (κ3) is 3.61. The van der Waals surface area contributed by atoms with E-state index in [0.29, 0.717) is 0 Å². The molecular weight excluding hydrogens is 391 g/mol. The Labute approximate surface area is 147 Å². The molecule has 3 rings (SSSR count). The fourth-order valence-corrected chi connectivity index (χ4v) is 3.34. The first-order valence-corrected chi connectivity index (χ1v) is 8.07. The van der Waals surface area contributed by atoms with Crippen molar-refractivity contribution in [1.82, 2.24) is 4.90 Å². The van der Waals surface area contributed by atoms with Crippen molar-refractivity contribution in [2.24, 2.45) is 4.99 Å². The fraction of sp³-hybridized carbons (Fsp3) is 0.235. The summed E-state index contributed by atoms with van der Waals surface area (Å²) in [6, 6.07) is 21.6. The summed E-state index contributed by atoms with van der Waals surface area (Å²) >= 11 is 1.73. The summed E-state index contributed by atoms with van der Waals surface area (Å²) in [5.41, 5.74) is 2.64. The Morgan fingerprint density at radius 3 is 1.95 bits per heavy atom. The lowest BCUT2D eigenvalue weighted by Crippen LogP contribution is -2.31. The van der Waals surface area contributed by atoms with Crippen LogP contribution in [-0.4, -0.2) is 29.4 Å². The lowest BCUT2D eigenvalue weighted by molar-refractivity contribution is 0.395. The number of hydrogen-bond donors (Lipinski definition) is 0.